The van der Waals surface area contributed by atoms with Gasteiger partial charge in [-0.15, -0.1) is 0 Å². The summed E-state index contributed by atoms with van der Waals surface area (Å²) in [6.45, 7) is 5.39. The van der Waals surface area contributed by atoms with Crippen molar-refractivity contribution in [1.29, 1.82) is 0 Å². The lowest BCUT2D eigenvalue weighted by atomic mass is 9.60. The Labute approximate surface area is 318 Å². The number of rotatable bonds is 16. The molecule has 3 aromatic rings. The van der Waals surface area contributed by atoms with Gasteiger partial charge in [0.2, 0.25) is 5.91 Å². The number of likely N-dealkylation sites (tertiary alicyclic amines) is 1. The first-order chi connectivity index (χ1) is 26.2. The third-order valence-electron chi connectivity index (χ3n) is 10.7. The minimum absolute atomic E-state index is 0.0138. The highest BCUT2D eigenvalue weighted by atomic mass is 16.5. The predicted octanol–water partition coefficient (Wildman–Crippen LogP) is 6.33. The largest absolute Gasteiger partial charge is 0.496 e. The van der Waals surface area contributed by atoms with Crippen molar-refractivity contribution in [1.82, 2.24) is 15.5 Å². The van der Waals surface area contributed by atoms with E-state index in [-0.39, 0.29) is 43.3 Å². The number of methoxy groups -OCH3 is 1. The van der Waals surface area contributed by atoms with Gasteiger partial charge in [-0.1, -0.05) is 73.2 Å². The van der Waals surface area contributed by atoms with Gasteiger partial charge in [-0.2, -0.15) is 0 Å². The molecule has 0 aromatic heterocycles. The molecule has 0 spiro atoms. The van der Waals surface area contributed by atoms with Gasteiger partial charge in [0.1, 0.15) is 11.5 Å². The Bertz CT molecular complexity index is 1760. The normalized spacial score (nSPS) is 18.8. The number of ether oxygens (including phenoxy) is 3. The van der Waals surface area contributed by atoms with Gasteiger partial charge in [0.05, 0.1) is 43.1 Å². The number of nitrogens with zero attached hydrogens (tertiary/aromatic N) is 1. The SMILES string of the molecule is CCOC(=O)NCCCC[C@H](CC(=O)[C@@]1(c2ccccc2)CC[C@H](C(=O)N2CCC(NC(=O)c3ccccc3OC)CC2)c2ccccc21)C(=O)OCC. The zero-order valence-electron chi connectivity index (χ0n) is 31.6. The number of alkyl carbamates (subject to hydrolysis) is 1. The van der Waals surface area contributed by atoms with Crippen molar-refractivity contribution >= 4 is 29.7 Å². The molecule has 1 saturated heterocycles. The number of fused-ring (bicyclic) bond motifs is 1. The summed E-state index contributed by atoms with van der Waals surface area (Å²) in [5.74, 6) is -1.24. The third-order valence-corrected chi connectivity index (χ3v) is 10.7. The molecule has 1 fully saturated rings. The van der Waals surface area contributed by atoms with Crippen LogP contribution in [0.15, 0.2) is 78.9 Å². The average Bonchev–Trinajstić information content (AvgIpc) is 3.20. The van der Waals surface area contributed by atoms with Crippen molar-refractivity contribution in [3.8, 4) is 5.75 Å². The highest BCUT2D eigenvalue weighted by molar-refractivity contribution is 5.98. The molecule has 0 bridgehead atoms. The van der Waals surface area contributed by atoms with Crippen LogP contribution in [0.3, 0.4) is 0 Å². The highest BCUT2D eigenvalue weighted by Crippen LogP contribution is 2.49. The Morgan fingerprint density at radius 1 is 0.833 bits per heavy atom. The number of ketones is 1. The molecular weight excluding hydrogens is 686 g/mol. The molecule has 3 aromatic carbocycles. The third kappa shape index (κ3) is 9.29. The number of para-hydroxylation sites is 1. The second-order valence-corrected chi connectivity index (χ2v) is 13.9. The second-order valence-electron chi connectivity index (χ2n) is 13.9. The van der Waals surface area contributed by atoms with Gasteiger partial charge >= 0.3 is 12.1 Å². The van der Waals surface area contributed by atoms with Gasteiger partial charge in [0.15, 0.2) is 0 Å². The van der Waals surface area contributed by atoms with E-state index >= 15 is 0 Å². The van der Waals surface area contributed by atoms with Crippen LogP contribution < -0.4 is 15.4 Å². The summed E-state index contributed by atoms with van der Waals surface area (Å²) in [5.41, 5.74) is 1.88. The molecule has 2 aliphatic rings. The maximum Gasteiger partial charge on any atom is 0.407 e. The number of piperidine rings is 1. The van der Waals surface area contributed by atoms with Crippen molar-refractivity contribution < 1.29 is 38.2 Å². The van der Waals surface area contributed by atoms with E-state index in [0.717, 1.165) is 16.7 Å². The molecule has 1 heterocycles. The van der Waals surface area contributed by atoms with E-state index in [1.54, 1.807) is 32.0 Å². The summed E-state index contributed by atoms with van der Waals surface area (Å²) < 4.78 is 15.7. The summed E-state index contributed by atoms with van der Waals surface area (Å²) in [4.78, 5) is 69.1. The highest BCUT2D eigenvalue weighted by Gasteiger charge is 2.49. The minimum Gasteiger partial charge on any atom is -0.496 e. The lowest BCUT2D eigenvalue weighted by Crippen LogP contribution is -2.49. The first-order valence-electron chi connectivity index (χ1n) is 19.2. The van der Waals surface area contributed by atoms with E-state index in [0.29, 0.717) is 75.9 Å². The zero-order valence-corrected chi connectivity index (χ0v) is 31.6. The van der Waals surface area contributed by atoms with Crippen molar-refractivity contribution in [2.75, 3.05) is 40.0 Å². The molecule has 1 aliphatic carbocycles. The Morgan fingerprint density at radius 2 is 1.52 bits per heavy atom. The Balaban J connectivity index is 1.32. The summed E-state index contributed by atoms with van der Waals surface area (Å²) in [5, 5.41) is 5.82. The molecule has 3 amide bonds. The summed E-state index contributed by atoms with van der Waals surface area (Å²) >= 11 is 0. The Hall–Kier alpha value is -5.19. The monoisotopic (exact) mass is 739 g/mol. The number of hydrogen-bond donors (Lipinski definition) is 2. The molecule has 1 aliphatic heterocycles. The Kier molecular flexibility index (Phi) is 14.2. The average molecular weight is 740 g/mol. The summed E-state index contributed by atoms with van der Waals surface area (Å²) in [6, 6.07) is 24.4. The number of Topliss-reactive ketones (excluding diaryl/α,β-unsaturated/α-hetero) is 1. The number of carbonyl (C=O) groups is 5. The smallest absolute Gasteiger partial charge is 0.407 e. The molecule has 0 unspecified atom stereocenters. The molecule has 11 nitrogen and oxygen atoms in total. The standard InChI is InChI=1S/C43H53N3O8/c1-4-53-41(50)30(15-13-14-26-44-42(51)54-5-2)29-38(47)43(31-16-7-6-8-17-31)25-22-34(33-18-9-11-20-36(33)43)40(49)46-27-23-32(24-28-46)45-39(48)35-19-10-12-21-37(35)52-3/h6-12,16-21,30,32,34H,4-5,13-15,22-29H2,1-3H3,(H,44,51)(H,45,48)/t30-,34+,43-/m1/s1. The van der Waals surface area contributed by atoms with Crippen molar-refractivity contribution in [3.63, 3.8) is 0 Å². The summed E-state index contributed by atoms with van der Waals surface area (Å²) in [7, 11) is 1.54. The van der Waals surface area contributed by atoms with Crippen molar-refractivity contribution in [2.24, 2.45) is 5.92 Å². The van der Waals surface area contributed by atoms with Crippen LogP contribution in [0, 0.1) is 5.92 Å². The van der Waals surface area contributed by atoms with Crippen molar-refractivity contribution in [2.45, 2.75) is 82.6 Å². The van der Waals surface area contributed by atoms with Crippen LogP contribution in [-0.2, 0) is 29.3 Å². The van der Waals surface area contributed by atoms with Gasteiger partial charge < -0.3 is 29.7 Å². The number of carbonyl (C=O) groups excluding carboxylic acids is 5. The predicted molar refractivity (Wildman–Crippen MR) is 204 cm³/mol. The van der Waals surface area contributed by atoms with Crippen LogP contribution in [0.5, 0.6) is 5.75 Å². The molecule has 0 saturated carbocycles. The van der Waals surface area contributed by atoms with Crippen LogP contribution in [0.25, 0.3) is 0 Å². The molecule has 5 rings (SSSR count). The van der Waals surface area contributed by atoms with Crippen molar-refractivity contribution in [3.05, 3.63) is 101 Å². The van der Waals surface area contributed by atoms with E-state index in [1.165, 1.54) is 7.11 Å². The van der Waals surface area contributed by atoms with Gasteiger partial charge in [-0.25, -0.2) is 4.79 Å². The first-order valence-corrected chi connectivity index (χ1v) is 19.2. The van der Waals surface area contributed by atoms with Gasteiger partial charge in [0, 0.05) is 32.1 Å². The van der Waals surface area contributed by atoms with E-state index in [9.17, 15) is 24.0 Å². The number of unbranched alkanes of at least 4 members (excludes halogenated alkanes) is 1. The number of amides is 3. The first kappa shape index (κ1) is 40.0. The molecule has 288 valence electrons. The number of esters is 1. The fourth-order valence-electron chi connectivity index (χ4n) is 7.98. The summed E-state index contributed by atoms with van der Waals surface area (Å²) in [6.07, 6.45) is 3.28. The van der Waals surface area contributed by atoms with Gasteiger partial charge in [0.25, 0.3) is 5.91 Å². The quantitative estimate of drug-likeness (QED) is 0.128. The number of nitrogens with one attached hydrogen (secondary N) is 2. The maximum atomic E-state index is 14.9. The lowest BCUT2D eigenvalue weighted by Gasteiger charge is -2.43. The van der Waals surface area contributed by atoms with Crippen LogP contribution in [0.2, 0.25) is 0 Å². The minimum atomic E-state index is -1.05. The zero-order chi connectivity index (χ0) is 38.5. The van der Waals surface area contributed by atoms with E-state index in [1.807, 2.05) is 65.6 Å². The molecule has 11 heteroatoms. The molecule has 3 atom stereocenters. The van der Waals surface area contributed by atoms with E-state index in [4.69, 9.17) is 14.2 Å². The van der Waals surface area contributed by atoms with Crippen LogP contribution in [0.1, 0.15) is 98.2 Å². The van der Waals surface area contributed by atoms with Crippen LogP contribution >= 0.6 is 0 Å². The maximum absolute atomic E-state index is 14.9. The number of hydrogen-bond acceptors (Lipinski definition) is 8. The fraction of sp³-hybridized carbons (Fsp3) is 0.465. The second kappa shape index (κ2) is 19.2. The van der Waals surface area contributed by atoms with Crippen LogP contribution in [0.4, 0.5) is 4.79 Å². The fourth-order valence-corrected chi connectivity index (χ4v) is 7.98. The molecule has 0 radical (unpaired) electrons. The van der Waals surface area contributed by atoms with E-state index < -0.39 is 29.3 Å². The topological polar surface area (TPSA) is 140 Å². The molecular formula is C43H53N3O8. The van der Waals surface area contributed by atoms with Gasteiger partial charge in [-0.05, 0) is 81.2 Å². The molecule has 54 heavy (non-hydrogen) atoms. The van der Waals surface area contributed by atoms with Crippen LogP contribution in [-0.4, -0.2) is 80.6 Å². The lowest BCUT2D eigenvalue weighted by molar-refractivity contribution is -0.150. The number of benzene rings is 3. The van der Waals surface area contributed by atoms with E-state index in [2.05, 4.69) is 10.6 Å². The molecule has 2 N–H and O–H groups in total. The Morgan fingerprint density at radius 3 is 2.24 bits per heavy atom. The van der Waals surface area contributed by atoms with Gasteiger partial charge in [-0.3, -0.25) is 19.2 Å².